The molecule has 0 aliphatic rings. The molecule has 1 unspecified atom stereocenters. The lowest BCUT2D eigenvalue weighted by Crippen LogP contribution is -2.31. The van der Waals surface area contributed by atoms with Gasteiger partial charge >= 0.3 is 5.97 Å². The van der Waals surface area contributed by atoms with Gasteiger partial charge in [0, 0.05) is 5.37 Å². The Labute approximate surface area is 49.4 Å². The summed E-state index contributed by atoms with van der Waals surface area (Å²) >= 11 is 0.0572. The maximum absolute atomic E-state index is 9.78. The molecule has 0 aliphatic heterocycles. The molecular formula is C3H5NO3S. The number of hydrogen-bond donors (Lipinski definition) is 2. The van der Waals surface area contributed by atoms with E-state index in [0.717, 1.165) is 5.37 Å². The number of aliphatic carboxylic acids is 1. The number of carboxylic acid groups (broad SMARTS) is 1. The molecule has 0 fully saturated rings. The molecule has 8 heavy (non-hydrogen) atoms. The summed E-state index contributed by atoms with van der Waals surface area (Å²) in [7, 11) is 0. The highest BCUT2D eigenvalue weighted by Gasteiger charge is 2.05. The SMILES string of the molecule is NC(C=S=O)C(=O)O. The largest absolute Gasteiger partial charge is 0.480 e. The predicted molar refractivity (Wildman–Crippen MR) is 29.8 cm³/mol. The minimum atomic E-state index is -1.19. The summed E-state index contributed by atoms with van der Waals surface area (Å²) in [6, 6.07) is -1.14. The Morgan fingerprint density at radius 1 is 1.88 bits per heavy atom. The Balaban J connectivity index is 3.82. The Morgan fingerprint density at radius 2 is 2.38 bits per heavy atom. The molecule has 0 rings (SSSR count). The van der Waals surface area contributed by atoms with E-state index in [1.807, 2.05) is 0 Å². The molecular weight excluding hydrogens is 130 g/mol. The van der Waals surface area contributed by atoms with E-state index in [1.54, 1.807) is 0 Å². The van der Waals surface area contributed by atoms with Crippen LogP contribution in [0.2, 0.25) is 0 Å². The molecule has 0 saturated heterocycles. The third-order valence-corrected chi connectivity index (χ3v) is 0.892. The fourth-order valence-corrected chi connectivity index (χ4v) is 0.354. The number of rotatable bonds is 2. The highest BCUT2D eigenvalue weighted by Crippen LogP contribution is 1.67. The second-order valence-electron chi connectivity index (χ2n) is 1.10. The molecule has 0 aliphatic carbocycles. The maximum atomic E-state index is 9.78. The van der Waals surface area contributed by atoms with Crippen LogP contribution in [0.5, 0.6) is 0 Å². The first-order valence-corrected chi connectivity index (χ1v) is 2.59. The molecule has 0 bridgehead atoms. The minimum Gasteiger partial charge on any atom is -0.480 e. The predicted octanol–water partition coefficient (Wildman–Crippen LogP) is -1.59. The second-order valence-corrected chi connectivity index (χ2v) is 1.56. The molecule has 0 amide bonds. The quantitative estimate of drug-likeness (QED) is 0.447. The monoisotopic (exact) mass is 135 g/mol. The van der Waals surface area contributed by atoms with Crippen molar-refractivity contribution in [3.63, 3.8) is 0 Å². The fourth-order valence-electron chi connectivity index (χ4n) is 0.118. The van der Waals surface area contributed by atoms with Gasteiger partial charge in [-0.3, -0.25) is 4.79 Å². The molecule has 4 nitrogen and oxygen atoms in total. The van der Waals surface area contributed by atoms with Crippen LogP contribution < -0.4 is 5.73 Å². The van der Waals surface area contributed by atoms with E-state index in [0.29, 0.717) is 0 Å². The van der Waals surface area contributed by atoms with E-state index in [2.05, 4.69) is 0 Å². The van der Waals surface area contributed by atoms with Crippen LogP contribution in [0.25, 0.3) is 0 Å². The molecule has 0 aromatic carbocycles. The Morgan fingerprint density at radius 3 is 2.50 bits per heavy atom. The molecule has 5 heteroatoms. The van der Waals surface area contributed by atoms with Crippen LogP contribution in [-0.2, 0) is 16.1 Å². The minimum absolute atomic E-state index is 0.0572. The summed E-state index contributed by atoms with van der Waals surface area (Å²) in [6.45, 7) is 0. The van der Waals surface area contributed by atoms with Crippen molar-refractivity contribution in [1.82, 2.24) is 0 Å². The van der Waals surface area contributed by atoms with E-state index < -0.39 is 12.0 Å². The van der Waals surface area contributed by atoms with Gasteiger partial charge < -0.3 is 10.8 Å². The summed E-state index contributed by atoms with van der Waals surface area (Å²) in [5.74, 6) is -1.19. The Kier molecular flexibility index (Phi) is 3.05. The highest BCUT2D eigenvalue weighted by molar-refractivity contribution is 7.65. The van der Waals surface area contributed by atoms with Crippen LogP contribution >= 0.6 is 0 Å². The van der Waals surface area contributed by atoms with Gasteiger partial charge in [0.2, 0.25) is 0 Å². The average molecular weight is 135 g/mol. The van der Waals surface area contributed by atoms with Crippen LogP contribution in [0, 0.1) is 0 Å². The summed E-state index contributed by atoms with van der Waals surface area (Å²) in [5, 5.41) is 8.91. The molecule has 46 valence electrons. The van der Waals surface area contributed by atoms with Gasteiger partial charge in [-0.05, 0) is 0 Å². The van der Waals surface area contributed by atoms with E-state index >= 15 is 0 Å². The molecule has 0 spiro atoms. The third-order valence-electron chi connectivity index (χ3n) is 0.487. The molecule has 0 radical (unpaired) electrons. The highest BCUT2D eigenvalue weighted by atomic mass is 32.1. The van der Waals surface area contributed by atoms with Crippen molar-refractivity contribution in [2.45, 2.75) is 6.04 Å². The lowest BCUT2D eigenvalue weighted by molar-refractivity contribution is -0.136. The number of nitrogens with two attached hydrogens (primary N) is 1. The van der Waals surface area contributed by atoms with Gasteiger partial charge in [0.25, 0.3) is 0 Å². The third kappa shape index (κ3) is 2.49. The van der Waals surface area contributed by atoms with E-state index in [9.17, 15) is 9.00 Å². The van der Waals surface area contributed by atoms with Crippen LogP contribution in [0.4, 0.5) is 0 Å². The smallest absolute Gasteiger partial charge is 0.325 e. The van der Waals surface area contributed by atoms with Crippen LogP contribution in [-0.4, -0.2) is 26.7 Å². The zero-order chi connectivity index (χ0) is 6.57. The Bertz CT molecular complexity index is 137. The summed E-state index contributed by atoms with van der Waals surface area (Å²) in [6.07, 6.45) is 0. The first kappa shape index (κ1) is 7.32. The topological polar surface area (TPSA) is 80.4 Å². The van der Waals surface area contributed by atoms with Gasteiger partial charge in [0.15, 0.2) is 0 Å². The van der Waals surface area contributed by atoms with E-state index in [-0.39, 0.29) is 11.3 Å². The lowest BCUT2D eigenvalue weighted by Gasteiger charge is -1.91. The maximum Gasteiger partial charge on any atom is 0.325 e. The second kappa shape index (κ2) is 3.34. The van der Waals surface area contributed by atoms with Crippen molar-refractivity contribution >= 4 is 22.6 Å². The van der Waals surface area contributed by atoms with Crippen molar-refractivity contribution in [3.8, 4) is 0 Å². The van der Waals surface area contributed by atoms with Gasteiger partial charge in [-0.1, -0.05) is 0 Å². The zero-order valence-corrected chi connectivity index (χ0v) is 4.72. The lowest BCUT2D eigenvalue weighted by atomic mass is 10.4. The molecule has 1 atom stereocenters. The number of hydrogen-bond acceptors (Lipinski definition) is 3. The molecule has 0 saturated carbocycles. The van der Waals surface area contributed by atoms with E-state index in [4.69, 9.17) is 10.8 Å². The van der Waals surface area contributed by atoms with Gasteiger partial charge in [-0.25, -0.2) is 4.21 Å². The molecule has 0 aromatic rings. The van der Waals surface area contributed by atoms with Crippen molar-refractivity contribution in [3.05, 3.63) is 0 Å². The molecule has 0 heterocycles. The standard InChI is InChI=1S/C3H5NO3S/c4-2(1-8-7)3(5)6/h1-2H,4H2,(H,5,6). The van der Waals surface area contributed by atoms with Gasteiger partial charge in [0.05, 0.1) is 11.3 Å². The summed E-state index contributed by atoms with van der Waals surface area (Å²) < 4.78 is 9.56. The van der Waals surface area contributed by atoms with Crippen LogP contribution in [0.15, 0.2) is 0 Å². The Hall–Kier alpha value is -0.680. The number of carboxylic acids is 1. The first-order chi connectivity index (χ1) is 3.68. The van der Waals surface area contributed by atoms with Gasteiger partial charge in [0.1, 0.15) is 6.04 Å². The normalized spacial score (nSPS) is 12.1. The van der Waals surface area contributed by atoms with Crippen molar-refractivity contribution in [2.24, 2.45) is 5.73 Å². The summed E-state index contributed by atoms with van der Waals surface area (Å²) in [4.78, 5) is 9.78. The van der Waals surface area contributed by atoms with E-state index in [1.165, 1.54) is 0 Å². The fraction of sp³-hybridized carbons (Fsp3) is 0.333. The van der Waals surface area contributed by atoms with Crippen LogP contribution in [0.3, 0.4) is 0 Å². The van der Waals surface area contributed by atoms with Crippen molar-refractivity contribution in [2.75, 3.05) is 0 Å². The van der Waals surface area contributed by atoms with Crippen LogP contribution in [0.1, 0.15) is 0 Å². The van der Waals surface area contributed by atoms with Crippen molar-refractivity contribution in [1.29, 1.82) is 0 Å². The molecule has 3 N–H and O–H groups in total. The summed E-state index contributed by atoms with van der Waals surface area (Å²) in [5.41, 5.74) is 4.85. The number of carbonyl (C=O) groups is 1. The zero-order valence-electron chi connectivity index (χ0n) is 3.90. The van der Waals surface area contributed by atoms with Gasteiger partial charge in [-0.2, -0.15) is 0 Å². The first-order valence-electron chi connectivity index (χ1n) is 1.79. The van der Waals surface area contributed by atoms with Gasteiger partial charge in [-0.15, -0.1) is 0 Å². The molecule has 0 aromatic heterocycles. The average Bonchev–Trinajstić information content (AvgIpc) is 1.67. The van der Waals surface area contributed by atoms with Crippen molar-refractivity contribution < 1.29 is 14.1 Å².